The van der Waals surface area contributed by atoms with E-state index in [0.717, 1.165) is 10.8 Å². The third kappa shape index (κ3) is 2.01. The predicted octanol–water partition coefficient (Wildman–Crippen LogP) is 2.52. The normalized spacial score (nSPS) is 10.4. The summed E-state index contributed by atoms with van der Waals surface area (Å²) in [5.41, 5.74) is 6.75. The molecule has 0 aromatic heterocycles. The highest BCUT2D eigenvalue weighted by molar-refractivity contribution is 6.00. The fourth-order valence-electron chi connectivity index (χ4n) is 1.75. The average Bonchev–Trinajstić information content (AvgIpc) is 2.32. The molecule has 4 heteroatoms. The average molecular weight is 231 g/mol. The standard InChI is InChI=1S/C13H13NO3/c1-2-17-11-6-4-8-7-9(13(15)16)3-5-10(8)12(11)14/h3-7H,2,14H2,1H3,(H,15,16). The Morgan fingerprint density at radius 1 is 1.35 bits per heavy atom. The molecule has 88 valence electrons. The van der Waals surface area contributed by atoms with Crippen LogP contribution >= 0.6 is 0 Å². The highest BCUT2D eigenvalue weighted by atomic mass is 16.5. The Kier molecular flexibility index (Phi) is 2.87. The smallest absolute Gasteiger partial charge is 0.335 e. The van der Waals surface area contributed by atoms with Crippen molar-refractivity contribution in [2.75, 3.05) is 12.3 Å². The molecule has 2 aromatic rings. The molecular weight excluding hydrogens is 218 g/mol. The van der Waals surface area contributed by atoms with E-state index in [-0.39, 0.29) is 5.56 Å². The number of rotatable bonds is 3. The number of fused-ring (bicyclic) bond motifs is 1. The largest absolute Gasteiger partial charge is 0.492 e. The lowest BCUT2D eigenvalue weighted by Gasteiger charge is -2.09. The van der Waals surface area contributed by atoms with E-state index in [1.165, 1.54) is 6.07 Å². The van der Waals surface area contributed by atoms with Crippen molar-refractivity contribution in [1.29, 1.82) is 0 Å². The molecule has 4 nitrogen and oxygen atoms in total. The van der Waals surface area contributed by atoms with E-state index in [1.807, 2.05) is 13.0 Å². The highest BCUT2D eigenvalue weighted by Gasteiger charge is 2.08. The molecule has 0 atom stereocenters. The van der Waals surface area contributed by atoms with Gasteiger partial charge in [0.2, 0.25) is 0 Å². The zero-order valence-electron chi connectivity index (χ0n) is 9.43. The van der Waals surface area contributed by atoms with E-state index < -0.39 is 5.97 Å². The van der Waals surface area contributed by atoms with Crippen molar-refractivity contribution >= 4 is 22.4 Å². The van der Waals surface area contributed by atoms with Crippen molar-refractivity contribution in [3.8, 4) is 5.75 Å². The summed E-state index contributed by atoms with van der Waals surface area (Å²) in [4.78, 5) is 10.8. The summed E-state index contributed by atoms with van der Waals surface area (Å²) in [5.74, 6) is -0.317. The van der Waals surface area contributed by atoms with Crippen LogP contribution in [0, 0.1) is 0 Å². The van der Waals surface area contributed by atoms with Crippen LogP contribution < -0.4 is 10.5 Å². The summed E-state index contributed by atoms with van der Waals surface area (Å²) < 4.78 is 5.38. The molecule has 0 aliphatic heterocycles. The fraction of sp³-hybridized carbons (Fsp3) is 0.154. The van der Waals surface area contributed by atoms with E-state index in [0.29, 0.717) is 18.0 Å². The van der Waals surface area contributed by atoms with E-state index in [1.54, 1.807) is 18.2 Å². The molecule has 0 aliphatic carbocycles. The number of carboxylic acid groups (broad SMARTS) is 1. The van der Waals surface area contributed by atoms with Gasteiger partial charge in [0.25, 0.3) is 0 Å². The Balaban J connectivity index is 2.60. The first-order valence-corrected chi connectivity index (χ1v) is 5.32. The monoisotopic (exact) mass is 231 g/mol. The van der Waals surface area contributed by atoms with Crippen molar-refractivity contribution in [1.82, 2.24) is 0 Å². The van der Waals surface area contributed by atoms with Crippen molar-refractivity contribution in [2.24, 2.45) is 0 Å². The van der Waals surface area contributed by atoms with Crippen LogP contribution in [0.2, 0.25) is 0 Å². The summed E-state index contributed by atoms with van der Waals surface area (Å²) in [5, 5.41) is 10.5. The number of carbonyl (C=O) groups is 1. The second-order valence-electron chi connectivity index (χ2n) is 3.65. The van der Waals surface area contributed by atoms with Gasteiger partial charge < -0.3 is 15.6 Å². The van der Waals surface area contributed by atoms with Crippen LogP contribution in [-0.2, 0) is 0 Å². The maximum Gasteiger partial charge on any atom is 0.335 e. The maximum absolute atomic E-state index is 10.8. The summed E-state index contributed by atoms with van der Waals surface area (Å²) in [6.45, 7) is 2.43. The molecule has 0 heterocycles. The highest BCUT2D eigenvalue weighted by Crippen LogP contribution is 2.31. The second kappa shape index (κ2) is 4.33. The second-order valence-corrected chi connectivity index (χ2v) is 3.65. The van der Waals surface area contributed by atoms with Gasteiger partial charge in [-0.1, -0.05) is 12.1 Å². The zero-order valence-corrected chi connectivity index (χ0v) is 9.43. The Morgan fingerprint density at radius 3 is 2.76 bits per heavy atom. The Morgan fingerprint density at radius 2 is 2.12 bits per heavy atom. The maximum atomic E-state index is 10.8. The fourth-order valence-corrected chi connectivity index (χ4v) is 1.75. The molecule has 0 bridgehead atoms. The van der Waals surface area contributed by atoms with Crippen LogP contribution in [0.25, 0.3) is 10.8 Å². The minimum absolute atomic E-state index is 0.251. The number of hydrogen-bond acceptors (Lipinski definition) is 3. The molecule has 0 fully saturated rings. The SMILES string of the molecule is CCOc1ccc2cc(C(=O)O)ccc2c1N. The Labute approximate surface area is 98.6 Å². The topological polar surface area (TPSA) is 72.5 Å². The third-order valence-corrected chi connectivity index (χ3v) is 2.57. The van der Waals surface area contributed by atoms with Gasteiger partial charge in [-0.3, -0.25) is 0 Å². The Hall–Kier alpha value is -2.23. The van der Waals surface area contributed by atoms with Gasteiger partial charge in [-0.2, -0.15) is 0 Å². The van der Waals surface area contributed by atoms with Crippen LogP contribution in [0.3, 0.4) is 0 Å². The van der Waals surface area contributed by atoms with E-state index in [2.05, 4.69) is 0 Å². The first kappa shape index (κ1) is 11.3. The molecule has 0 saturated carbocycles. The van der Waals surface area contributed by atoms with Crippen LogP contribution in [0.5, 0.6) is 5.75 Å². The minimum atomic E-state index is -0.945. The van der Waals surface area contributed by atoms with Crippen LogP contribution in [0.4, 0.5) is 5.69 Å². The third-order valence-electron chi connectivity index (χ3n) is 2.57. The first-order chi connectivity index (χ1) is 8.13. The van der Waals surface area contributed by atoms with Crippen molar-refractivity contribution < 1.29 is 14.6 Å². The van der Waals surface area contributed by atoms with Gasteiger partial charge in [0, 0.05) is 5.39 Å². The number of carboxylic acids is 1. The molecule has 2 rings (SSSR count). The van der Waals surface area contributed by atoms with Gasteiger partial charge in [0.05, 0.1) is 17.9 Å². The minimum Gasteiger partial charge on any atom is -0.492 e. The van der Waals surface area contributed by atoms with Crippen molar-refractivity contribution in [2.45, 2.75) is 6.92 Å². The number of benzene rings is 2. The van der Waals surface area contributed by atoms with Gasteiger partial charge in [0.15, 0.2) is 0 Å². The summed E-state index contributed by atoms with van der Waals surface area (Å²) in [6.07, 6.45) is 0. The van der Waals surface area contributed by atoms with Gasteiger partial charge in [0.1, 0.15) is 5.75 Å². The van der Waals surface area contributed by atoms with E-state index in [4.69, 9.17) is 15.6 Å². The zero-order chi connectivity index (χ0) is 12.4. The van der Waals surface area contributed by atoms with Crippen LogP contribution in [0.1, 0.15) is 17.3 Å². The Bertz CT molecular complexity index is 578. The number of nitrogen functional groups attached to an aromatic ring is 1. The first-order valence-electron chi connectivity index (χ1n) is 5.32. The van der Waals surface area contributed by atoms with E-state index in [9.17, 15) is 4.79 Å². The molecule has 2 aromatic carbocycles. The number of anilines is 1. The van der Waals surface area contributed by atoms with Crippen LogP contribution in [0.15, 0.2) is 30.3 Å². The lowest BCUT2D eigenvalue weighted by molar-refractivity contribution is 0.0697. The van der Waals surface area contributed by atoms with Crippen molar-refractivity contribution in [3.05, 3.63) is 35.9 Å². The number of hydrogen-bond donors (Lipinski definition) is 2. The molecule has 0 aliphatic rings. The van der Waals surface area contributed by atoms with E-state index >= 15 is 0 Å². The molecule has 0 amide bonds. The summed E-state index contributed by atoms with van der Waals surface area (Å²) in [6, 6.07) is 8.41. The predicted molar refractivity (Wildman–Crippen MR) is 66.5 cm³/mol. The van der Waals surface area contributed by atoms with Gasteiger partial charge >= 0.3 is 5.97 Å². The lowest BCUT2D eigenvalue weighted by Crippen LogP contribution is -1.99. The molecule has 3 N–H and O–H groups in total. The number of nitrogens with two attached hydrogens (primary N) is 1. The quantitative estimate of drug-likeness (QED) is 0.796. The van der Waals surface area contributed by atoms with Crippen LogP contribution in [-0.4, -0.2) is 17.7 Å². The summed E-state index contributed by atoms with van der Waals surface area (Å²) in [7, 11) is 0. The summed E-state index contributed by atoms with van der Waals surface area (Å²) >= 11 is 0. The molecule has 0 radical (unpaired) electrons. The van der Waals surface area contributed by atoms with Gasteiger partial charge in [-0.05, 0) is 30.5 Å². The molecule has 0 spiro atoms. The van der Waals surface area contributed by atoms with Gasteiger partial charge in [-0.15, -0.1) is 0 Å². The van der Waals surface area contributed by atoms with Crippen molar-refractivity contribution in [3.63, 3.8) is 0 Å². The molecule has 0 unspecified atom stereocenters. The number of aromatic carboxylic acids is 1. The van der Waals surface area contributed by atoms with Gasteiger partial charge in [-0.25, -0.2) is 4.79 Å². The molecule has 17 heavy (non-hydrogen) atoms. The number of ether oxygens (including phenoxy) is 1. The molecular formula is C13H13NO3. The molecule has 0 saturated heterocycles. The lowest BCUT2D eigenvalue weighted by atomic mass is 10.1.